The van der Waals surface area contributed by atoms with Gasteiger partial charge in [-0.25, -0.2) is 0 Å². The van der Waals surface area contributed by atoms with Crippen molar-refractivity contribution in [3.63, 3.8) is 0 Å². The van der Waals surface area contributed by atoms with E-state index in [0.29, 0.717) is 0 Å². The van der Waals surface area contributed by atoms with Crippen LogP contribution >= 0.6 is 0 Å². The fraction of sp³-hybridized carbons (Fsp3) is 0.429. The molecular weight excluding hydrogens is 296 g/mol. The average Bonchev–Trinajstić information content (AvgIpc) is 2.55. The zero-order valence-electron chi connectivity index (χ0n) is 15.0. The van der Waals surface area contributed by atoms with Gasteiger partial charge in [0.25, 0.3) is 8.32 Å². The smallest absolute Gasteiger partial charge is 0.261 e. The molecular formula is C21H30OSi. The Balaban J connectivity index is 2.51. The SMILES string of the molecule is CCCCCO[Si](c1ccccc1)(c1ccccc1)C(C)(C)C. The van der Waals surface area contributed by atoms with Crippen molar-refractivity contribution in [2.45, 2.75) is 52.0 Å². The average molecular weight is 327 g/mol. The molecule has 2 aromatic rings. The number of unbranched alkanes of at least 4 members (excludes halogenated alkanes) is 2. The maximum absolute atomic E-state index is 6.81. The van der Waals surface area contributed by atoms with Crippen molar-refractivity contribution in [1.29, 1.82) is 0 Å². The second-order valence-corrected chi connectivity index (χ2v) is 11.5. The summed E-state index contributed by atoms with van der Waals surface area (Å²) in [5.74, 6) is 0. The molecule has 0 unspecified atom stereocenters. The Morgan fingerprint density at radius 2 is 1.26 bits per heavy atom. The molecule has 0 aliphatic carbocycles. The number of hydrogen-bond acceptors (Lipinski definition) is 1. The molecule has 2 aromatic carbocycles. The minimum atomic E-state index is -2.30. The summed E-state index contributed by atoms with van der Waals surface area (Å²) in [6, 6.07) is 21.8. The molecule has 0 saturated carbocycles. The molecule has 0 radical (unpaired) electrons. The van der Waals surface area contributed by atoms with Crippen LogP contribution in [0.4, 0.5) is 0 Å². The highest BCUT2D eigenvalue weighted by Gasteiger charge is 2.49. The Kier molecular flexibility index (Phi) is 6.20. The van der Waals surface area contributed by atoms with Gasteiger partial charge in [0.2, 0.25) is 0 Å². The fourth-order valence-corrected chi connectivity index (χ4v) is 7.94. The summed E-state index contributed by atoms with van der Waals surface area (Å²) in [7, 11) is -2.30. The highest BCUT2D eigenvalue weighted by atomic mass is 28.4. The predicted molar refractivity (Wildman–Crippen MR) is 103 cm³/mol. The lowest BCUT2D eigenvalue weighted by Crippen LogP contribution is -2.66. The van der Waals surface area contributed by atoms with E-state index in [1.165, 1.54) is 23.2 Å². The molecule has 124 valence electrons. The van der Waals surface area contributed by atoms with Crippen LogP contribution in [0.15, 0.2) is 60.7 Å². The topological polar surface area (TPSA) is 9.23 Å². The van der Waals surface area contributed by atoms with E-state index in [9.17, 15) is 0 Å². The van der Waals surface area contributed by atoms with Crippen LogP contribution in [0.3, 0.4) is 0 Å². The first-order valence-electron chi connectivity index (χ1n) is 8.77. The molecule has 1 nitrogen and oxygen atoms in total. The molecule has 0 amide bonds. The summed E-state index contributed by atoms with van der Waals surface area (Å²) in [5.41, 5.74) is 0. The van der Waals surface area contributed by atoms with Crippen LogP contribution in [0.1, 0.15) is 47.0 Å². The molecule has 0 bridgehead atoms. The summed E-state index contributed by atoms with van der Waals surface area (Å²) in [6.45, 7) is 10.1. The van der Waals surface area contributed by atoms with Gasteiger partial charge in [-0.15, -0.1) is 0 Å². The van der Waals surface area contributed by atoms with Crippen LogP contribution in [0.5, 0.6) is 0 Å². The van der Waals surface area contributed by atoms with Gasteiger partial charge in [0.15, 0.2) is 0 Å². The second-order valence-electron chi connectivity index (χ2n) is 7.22. The van der Waals surface area contributed by atoms with E-state index in [2.05, 4.69) is 88.4 Å². The van der Waals surface area contributed by atoms with E-state index in [0.717, 1.165) is 13.0 Å². The van der Waals surface area contributed by atoms with E-state index < -0.39 is 8.32 Å². The van der Waals surface area contributed by atoms with Crippen molar-refractivity contribution in [1.82, 2.24) is 0 Å². The molecule has 0 atom stereocenters. The molecule has 0 aliphatic heterocycles. The van der Waals surface area contributed by atoms with Gasteiger partial charge in [0, 0.05) is 6.61 Å². The Morgan fingerprint density at radius 1 is 0.783 bits per heavy atom. The Bertz CT molecular complexity index is 532. The van der Waals surface area contributed by atoms with Crippen LogP contribution < -0.4 is 10.4 Å². The molecule has 0 aliphatic rings. The second kappa shape index (κ2) is 7.94. The zero-order chi connectivity index (χ0) is 16.8. The van der Waals surface area contributed by atoms with Gasteiger partial charge in [-0.3, -0.25) is 0 Å². The summed E-state index contributed by atoms with van der Waals surface area (Å²) in [4.78, 5) is 0. The summed E-state index contributed by atoms with van der Waals surface area (Å²) < 4.78 is 6.81. The minimum Gasteiger partial charge on any atom is -0.407 e. The zero-order valence-corrected chi connectivity index (χ0v) is 16.0. The molecule has 0 saturated heterocycles. The molecule has 0 fully saturated rings. The highest BCUT2D eigenvalue weighted by Crippen LogP contribution is 2.36. The minimum absolute atomic E-state index is 0.0852. The molecule has 0 N–H and O–H groups in total. The molecule has 2 heteroatoms. The monoisotopic (exact) mass is 326 g/mol. The van der Waals surface area contributed by atoms with Crippen LogP contribution in [0, 0.1) is 0 Å². The van der Waals surface area contributed by atoms with E-state index in [-0.39, 0.29) is 5.04 Å². The van der Waals surface area contributed by atoms with Crippen LogP contribution in [0.25, 0.3) is 0 Å². The standard InChI is InChI=1S/C21H30OSi/c1-5-6-13-18-22-23(21(2,3)4,19-14-9-7-10-15-19)20-16-11-8-12-17-20/h7-12,14-17H,5-6,13,18H2,1-4H3. The van der Waals surface area contributed by atoms with Crippen LogP contribution in [-0.2, 0) is 4.43 Å². The third-order valence-electron chi connectivity index (χ3n) is 4.48. The Hall–Kier alpha value is -1.38. The molecule has 23 heavy (non-hydrogen) atoms. The van der Waals surface area contributed by atoms with Gasteiger partial charge in [-0.2, -0.15) is 0 Å². The van der Waals surface area contributed by atoms with Gasteiger partial charge >= 0.3 is 0 Å². The van der Waals surface area contributed by atoms with E-state index >= 15 is 0 Å². The third kappa shape index (κ3) is 3.93. The van der Waals surface area contributed by atoms with Crippen molar-refractivity contribution in [2.75, 3.05) is 6.61 Å². The van der Waals surface area contributed by atoms with Gasteiger partial charge in [-0.1, -0.05) is 101 Å². The van der Waals surface area contributed by atoms with Crippen molar-refractivity contribution in [3.8, 4) is 0 Å². The molecule has 0 spiro atoms. The Labute approximate surface area is 142 Å². The Morgan fingerprint density at radius 3 is 1.65 bits per heavy atom. The summed E-state index contributed by atoms with van der Waals surface area (Å²) in [6.07, 6.45) is 3.60. The van der Waals surface area contributed by atoms with Crippen LogP contribution in [0.2, 0.25) is 5.04 Å². The van der Waals surface area contributed by atoms with Crippen molar-refractivity contribution < 1.29 is 4.43 Å². The number of hydrogen-bond donors (Lipinski definition) is 0. The molecule has 0 heterocycles. The van der Waals surface area contributed by atoms with E-state index in [1.807, 2.05) is 0 Å². The largest absolute Gasteiger partial charge is 0.407 e. The lowest BCUT2D eigenvalue weighted by molar-refractivity contribution is 0.288. The maximum atomic E-state index is 6.81. The van der Waals surface area contributed by atoms with E-state index in [4.69, 9.17) is 4.43 Å². The summed E-state index contributed by atoms with van der Waals surface area (Å²) in [5, 5.41) is 2.83. The first-order valence-corrected chi connectivity index (χ1v) is 10.7. The molecule has 0 aromatic heterocycles. The molecule has 2 rings (SSSR count). The first-order chi connectivity index (χ1) is 11.0. The van der Waals surface area contributed by atoms with Gasteiger partial charge < -0.3 is 4.43 Å². The third-order valence-corrected chi connectivity index (χ3v) is 9.53. The maximum Gasteiger partial charge on any atom is 0.261 e. The summed E-state index contributed by atoms with van der Waals surface area (Å²) >= 11 is 0. The van der Waals surface area contributed by atoms with Gasteiger partial charge in [0.05, 0.1) is 0 Å². The van der Waals surface area contributed by atoms with Gasteiger partial charge in [-0.05, 0) is 21.8 Å². The quantitative estimate of drug-likeness (QED) is 0.527. The van der Waals surface area contributed by atoms with Crippen molar-refractivity contribution in [2.24, 2.45) is 0 Å². The lowest BCUT2D eigenvalue weighted by atomic mass is 10.2. The fourth-order valence-electron chi connectivity index (χ4n) is 3.34. The first kappa shape index (κ1) is 18.0. The van der Waals surface area contributed by atoms with Crippen molar-refractivity contribution >= 4 is 18.7 Å². The highest BCUT2D eigenvalue weighted by molar-refractivity contribution is 6.99. The van der Waals surface area contributed by atoms with E-state index in [1.54, 1.807) is 0 Å². The van der Waals surface area contributed by atoms with Crippen LogP contribution in [-0.4, -0.2) is 14.9 Å². The van der Waals surface area contributed by atoms with Crippen molar-refractivity contribution in [3.05, 3.63) is 60.7 Å². The predicted octanol–water partition coefficient (Wildman–Crippen LogP) is 4.75. The lowest BCUT2D eigenvalue weighted by Gasteiger charge is -2.43. The number of rotatable bonds is 7. The van der Waals surface area contributed by atoms with Gasteiger partial charge in [0.1, 0.15) is 0 Å². The number of benzene rings is 2. The normalized spacial score (nSPS) is 12.3.